The molecule has 1 nitrogen and oxygen atoms in total. The normalized spacial score (nSPS) is 11.9. The maximum atomic E-state index is 2.44. The highest BCUT2D eigenvalue weighted by atomic mass is 15.1. The number of hydrogen-bond acceptors (Lipinski definition) is 1. The molecule has 0 amide bonds. The number of nitrogens with zero attached hydrogens (tertiary/aromatic N) is 1. The lowest BCUT2D eigenvalue weighted by atomic mass is 9.84. The monoisotopic (exact) mass is 1460 g/mol. The van der Waals surface area contributed by atoms with Crippen molar-refractivity contribution in [3.8, 4) is 66.8 Å². The number of rotatable bonds is 15. The van der Waals surface area contributed by atoms with E-state index in [-0.39, 0.29) is 0 Å². The van der Waals surface area contributed by atoms with Crippen LogP contribution in [0, 0.1) is 0 Å². The lowest BCUT2D eigenvalue weighted by molar-refractivity contribution is 1.28. The summed E-state index contributed by atoms with van der Waals surface area (Å²) in [5.74, 6) is 0. The van der Waals surface area contributed by atoms with Crippen LogP contribution in [0.5, 0.6) is 0 Å². The minimum Gasteiger partial charge on any atom is -0.311 e. The highest BCUT2D eigenvalue weighted by Gasteiger charge is 2.25. The zero-order valence-electron chi connectivity index (χ0n) is 63.2. The third-order valence-electron chi connectivity index (χ3n) is 23.5. The van der Waals surface area contributed by atoms with Gasteiger partial charge >= 0.3 is 0 Å². The first kappa shape index (κ1) is 68.0. The average Bonchev–Trinajstić information content (AvgIpc) is 0.734. The molecule has 21 rings (SSSR count). The molecule has 0 saturated heterocycles. The van der Waals surface area contributed by atoms with Crippen molar-refractivity contribution in [3.05, 3.63) is 452 Å². The van der Waals surface area contributed by atoms with Gasteiger partial charge < -0.3 is 4.90 Å². The Morgan fingerprint density at radius 3 is 0.530 bits per heavy atom. The van der Waals surface area contributed by atoms with Crippen LogP contribution in [0.3, 0.4) is 0 Å². The van der Waals surface area contributed by atoms with Crippen LogP contribution < -0.4 is 4.90 Å². The van der Waals surface area contributed by atoms with E-state index in [0.717, 1.165) is 33.8 Å². The van der Waals surface area contributed by atoms with Crippen molar-refractivity contribution in [2.45, 2.75) is 0 Å². The molecule has 0 aromatic heterocycles. The van der Waals surface area contributed by atoms with Crippen LogP contribution in [0.25, 0.3) is 200 Å². The minimum absolute atomic E-state index is 1.05. The maximum Gasteiger partial charge on any atom is 0.0462 e. The Morgan fingerprint density at radius 2 is 0.313 bits per heavy atom. The molecule has 0 unspecified atom stereocenters. The van der Waals surface area contributed by atoms with Gasteiger partial charge in [0.15, 0.2) is 0 Å². The van der Waals surface area contributed by atoms with Crippen molar-refractivity contribution in [2.24, 2.45) is 0 Å². The van der Waals surface area contributed by atoms with Crippen molar-refractivity contribution in [2.75, 3.05) is 4.90 Å². The molecule has 0 spiro atoms. The van der Waals surface area contributed by atoms with E-state index >= 15 is 0 Å². The van der Waals surface area contributed by atoms with Gasteiger partial charge in [0.05, 0.1) is 0 Å². The van der Waals surface area contributed by atoms with Crippen LogP contribution in [0.4, 0.5) is 17.1 Å². The van der Waals surface area contributed by atoms with E-state index in [9.17, 15) is 0 Å². The van der Waals surface area contributed by atoms with Gasteiger partial charge in [-0.25, -0.2) is 0 Å². The van der Waals surface area contributed by atoms with Crippen LogP contribution in [0.1, 0.15) is 33.4 Å². The predicted molar refractivity (Wildman–Crippen MR) is 497 cm³/mol. The van der Waals surface area contributed by atoms with Crippen molar-refractivity contribution in [3.63, 3.8) is 0 Å². The molecule has 0 aliphatic carbocycles. The summed E-state index contributed by atoms with van der Waals surface area (Å²) in [6.45, 7) is 0. The van der Waals surface area contributed by atoms with Gasteiger partial charge in [-0.05, 0) is 233 Å². The molecule has 0 atom stereocenters. The van der Waals surface area contributed by atoms with Crippen LogP contribution in [-0.2, 0) is 0 Å². The molecule has 0 radical (unpaired) electrons. The fourth-order valence-electron chi connectivity index (χ4n) is 18.3. The van der Waals surface area contributed by atoms with Gasteiger partial charge in [0, 0.05) is 17.1 Å². The first-order valence-corrected chi connectivity index (χ1v) is 39.8. The smallest absolute Gasteiger partial charge is 0.0462 e. The second kappa shape index (κ2) is 29.3. The Kier molecular flexibility index (Phi) is 17.4. The van der Waals surface area contributed by atoms with E-state index in [2.05, 4.69) is 460 Å². The number of benzene rings is 21. The van der Waals surface area contributed by atoms with E-state index in [1.165, 1.54) is 180 Å². The highest BCUT2D eigenvalue weighted by molar-refractivity contribution is 6.27. The van der Waals surface area contributed by atoms with Gasteiger partial charge in [-0.1, -0.05) is 419 Å². The summed E-state index contributed by atoms with van der Waals surface area (Å²) in [6, 6.07) is 155. The topological polar surface area (TPSA) is 3.24 Å². The summed E-state index contributed by atoms with van der Waals surface area (Å²) in [5, 5.41) is 21.9. The highest BCUT2D eigenvalue weighted by Crippen LogP contribution is 2.52. The Hall–Kier alpha value is -15.0. The molecule has 0 bridgehead atoms. The van der Waals surface area contributed by atoms with Crippen LogP contribution in [0.15, 0.2) is 419 Å². The molecule has 21 aromatic rings. The van der Waals surface area contributed by atoms with Crippen molar-refractivity contribution in [1.82, 2.24) is 0 Å². The Bertz CT molecular complexity index is 6570. The second-order valence-electron chi connectivity index (χ2n) is 30.0. The predicted octanol–water partition coefficient (Wildman–Crippen LogP) is 32.0. The van der Waals surface area contributed by atoms with Gasteiger partial charge in [-0.2, -0.15) is 0 Å². The van der Waals surface area contributed by atoms with E-state index in [0.29, 0.717) is 0 Å². The standard InChI is InChI=1S/C114H75N/c1-4-28-76(29-5-1)52-55-79-64-73-106(91-37-13-10-34-88(79)91)112-100-46-22-16-40-94(100)109(95-41-17-23-47-101(95)112)82-58-67-85(68-59-82)115(86-69-60-83(61-70-86)110-96-42-18-24-48-102(96)113(103-49-25-19-43-97(103)110)107-74-65-80(89-35-11-14-38-92(89)107)56-53-77-30-6-2-7-31-77)87-71-62-84(63-72-87)111-98-44-20-26-50-104(98)114(105-51-27-21-45-99(105)111)108-75-66-81(90-36-12-15-39-93(90)108)57-54-78-32-8-3-9-33-78/h1-75H. The summed E-state index contributed by atoms with van der Waals surface area (Å²) < 4.78 is 0. The molecule has 536 valence electrons. The summed E-state index contributed by atoms with van der Waals surface area (Å²) in [4.78, 5) is 2.44. The van der Waals surface area contributed by atoms with Gasteiger partial charge in [0.1, 0.15) is 0 Å². The maximum absolute atomic E-state index is 2.44. The lowest BCUT2D eigenvalue weighted by Crippen LogP contribution is -2.10. The molecule has 115 heavy (non-hydrogen) atoms. The molecule has 0 saturated carbocycles. The largest absolute Gasteiger partial charge is 0.311 e. The quantitative estimate of drug-likeness (QED) is 0.0730. The van der Waals surface area contributed by atoms with Gasteiger partial charge in [-0.3, -0.25) is 0 Å². The first-order chi connectivity index (χ1) is 57.1. The molecule has 0 aliphatic rings. The fraction of sp³-hybridized carbons (Fsp3) is 0. The third kappa shape index (κ3) is 12.2. The molecule has 0 fully saturated rings. The third-order valence-corrected chi connectivity index (χ3v) is 23.5. The molecular weight excluding hydrogens is 1380 g/mol. The molecule has 21 aromatic carbocycles. The first-order valence-electron chi connectivity index (χ1n) is 39.8. The number of anilines is 3. The van der Waals surface area contributed by atoms with E-state index in [1.807, 2.05) is 0 Å². The zero-order valence-corrected chi connectivity index (χ0v) is 63.2. The zero-order chi connectivity index (χ0) is 76.1. The van der Waals surface area contributed by atoms with Crippen molar-refractivity contribution >= 4 is 150 Å². The number of hydrogen-bond donors (Lipinski definition) is 0. The summed E-state index contributed by atoms with van der Waals surface area (Å²) in [5.41, 5.74) is 24.7. The second-order valence-corrected chi connectivity index (χ2v) is 30.0. The van der Waals surface area contributed by atoms with Crippen molar-refractivity contribution in [1.29, 1.82) is 0 Å². The van der Waals surface area contributed by atoms with Crippen molar-refractivity contribution < 1.29 is 0 Å². The van der Waals surface area contributed by atoms with Crippen LogP contribution in [0.2, 0.25) is 0 Å². The average molecular weight is 1460 g/mol. The minimum atomic E-state index is 1.05. The molecule has 0 heterocycles. The van der Waals surface area contributed by atoms with E-state index in [4.69, 9.17) is 0 Å². The van der Waals surface area contributed by atoms with E-state index < -0.39 is 0 Å². The summed E-state index contributed by atoms with van der Waals surface area (Å²) >= 11 is 0. The lowest BCUT2D eigenvalue weighted by Gasteiger charge is -2.27. The van der Waals surface area contributed by atoms with Gasteiger partial charge in [0.25, 0.3) is 0 Å². The van der Waals surface area contributed by atoms with Crippen LogP contribution >= 0.6 is 0 Å². The molecule has 0 aliphatic heterocycles. The summed E-state index contributed by atoms with van der Waals surface area (Å²) in [7, 11) is 0. The van der Waals surface area contributed by atoms with E-state index in [1.54, 1.807) is 0 Å². The molecular formula is C114H75N. The van der Waals surface area contributed by atoms with Gasteiger partial charge in [0.2, 0.25) is 0 Å². The SMILES string of the molecule is C(=Cc1ccc(-c2c3ccccc3c(-c3ccc(N(c4ccc(-c5c6ccccc6c(-c6ccc(C=Cc7ccccc7)c7ccccc67)c6ccccc56)cc4)c4ccc(-c5c6ccccc6c(-c6ccc(C=Cc7ccccc7)c7ccccc67)c6ccccc56)cc4)cc3)c3ccccc23)c2ccccc12)c1ccccc1. The summed E-state index contributed by atoms with van der Waals surface area (Å²) in [6.07, 6.45) is 13.4. The van der Waals surface area contributed by atoms with Crippen LogP contribution in [-0.4, -0.2) is 0 Å². The fourth-order valence-corrected chi connectivity index (χ4v) is 18.3. The Balaban J connectivity index is 0.702. The Labute approximate surface area is 669 Å². The number of fused-ring (bicyclic) bond motifs is 9. The Morgan fingerprint density at radius 1 is 0.130 bits per heavy atom. The molecule has 1 heteroatoms. The van der Waals surface area contributed by atoms with Gasteiger partial charge in [-0.15, -0.1) is 0 Å². The molecule has 0 N–H and O–H groups in total.